The number of fused-ring (bicyclic) bond motifs is 3. The number of aromatic nitrogens is 4. The maximum Gasteiger partial charge on any atom is 0.351 e. The lowest BCUT2D eigenvalue weighted by Crippen LogP contribution is -2.33. The highest BCUT2D eigenvalue weighted by molar-refractivity contribution is 7.99. The summed E-state index contributed by atoms with van der Waals surface area (Å²) in [5.41, 5.74) is 4.39. The molecular weight excluding hydrogens is 424 g/mol. The van der Waals surface area contributed by atoms with Gasteiger partial charge in [0.1, 0.15) is 6.54 Å². The molecular formula is C23H24N6O2S. The summed E-state index contributed by atoms with van der Waals surface area (Å²) in [4.78, 5) is 33.0. The summed E-state index contributed by atoms with van der Waals surface area (Å²) in [6.07, 6.45) is 0. The molecule has 0 saturated carbocycles. The van der Waals surface area contributed by atoms with Crippen molar-refractivity contribution in [1.82, 2.24) is 19.2 Å². The van der Waals surface area contributed by atoms with E-state index in [1.54, 1.807) is 4.40 Å². The molecule has 2 aromatic carbocycles. The van der Waals surface area contributed by atoms with Gasteiger partial charge in [0.2, 0.25) is 11.6 Å². The van der Waals surface area contributed by atoms with E-state index < -0.39 is 0 Å². The van der Waals surface area contributed by atoms with Crippen LogP contribution in [-0.4, -0.2) is 49.7 Å². The first-order chi connectivity index (χ1) is 15.5. The first-order valence-electron chi connectivity index (χ1n) is 10.6. The number of hydrogen-bond acceptors (Lipinski definition) is 6. The van der Waals surface area contributed by atoms with Gasteiger partial charge in [-0.15, -0.1) is 5.10 Å². The molecule has 1 saturated heterocycles. The van der Waals surface area contributed by atoms with Crippen LogP contribution in [0.2, 0.25) is 0 Å². The Kier molecular flexibility index (Phi) is 5.34. The van der Waals surface area contributed by atoms with Gasteiger partial charge in [-0.2, -0.15) is 11.8 Å². The van der Waals surface area contributed by atoms with Crippen molar-refractivity contribution < 1.29 is 4.79 Å². The summed E-state index contributed by atoms with van der Waals surface area (Å²) in [6, 6.07) is 13.4. The fourth-order valence-corrected chi connectivity index (χ4v) is 5.06. The standard InChI is InChI=1S/C23H24N6O2S/c1-15-11-16(2)13-17(12-15)24-20(30)14-28-23(31)29-19-6-4-3-5-18(19)25-21(22(29)26-28)27-7-9-32-10-8-27/h3-6,11-13H,7-10,14H2,1-2H3,(H,24,30). The first-order valence-corrected chi connectivity index (χ1v) is 11.7. The molecule has 32 heavy (non-hydrogen) atoms. The predicted octanol–water partition coefficient (Wildman–Crippen LogP) is 2.85. The maximum atomic E-state index is 13.3. The van der Waals surface area contributed by atoms with Crippen molar-refractivity contribution in [3.05, 3.63) is 64.1 Å². The average molecular weight is 449 g/mol. The number of aryl methyl sites for hydroxylation is 2. The molecule has 1 amide bonds. The topological polar surface area (TPSA) is 84.5 Å². The van der Waals surface area contributed by atoms with Crippen molar-refractivity contribution in [2.24, 2.45) is 0 Å². The van der Waals surface area contributed by atoms with Crippen molar-refractivity contribution in [2.75, 3.05) is 34.8 Å². The molecule has 0 radical (unpaired) electrons. The van der Waals surface area contributed by atoms with E-state index in [9.17, 15) is 9.59 Å². The Morgan fingerprint density at radius 2 is 1.81 bits per heavy atom. The van der Waals surface area contributed by atoms with Gasteiger partial charge >= 0.3 is 5.69 Å². The van der Waals surface area contributed by atoms with E-state index in [0.29, 0.717) is 22.7 Å². The molecule has 0 spiro atoms. The Balaban J connectivity index is 1.55. The minimum Gasteiger partial charge on any atom is -0.352 e. The van der Waals surface area contributed by atoms with Crippen LogP contribution in [0.5, 0.6) is 0 Å². The zero-order chi connectivity index (χ0) is 22.2. The summed E-state index contributed by atoms with van der Waals surface area (Å²) in [5.74, 6) is 2.40. The third-order valence-electron chi connectivity index (χ3n) is 5.50. The fourth-order valence-electron chi connectivity index (χ4n) is 4.16. The van der Waals surface area contributed by atoms with E-state index in [1.807, 2.05) is 68.1 Å². The van der Waals surface area contributed by atoms with Gasteiger partial charge in [0.15, 0.2) is 5.82 Å². The summed E-state index contributed by atoms with van der Waals surface area (Å²) in [5, 5.41) is 7.43. The van der Waals surface area contributed by atoms with E-state index in [4.69, 9.17) is 4.98 Å². The average Bonchev–Trinajstić information content (AvgIpc) is 3.09. The van der Waals surface area contributed by atoms with Crippen LogP contribution in [0.1, 0.15) is 11.1 Å². The normalized spacial score (nSPS) is 14.2. The molecule has 1 aliphatic rings. The predicted molar refractivity (Wildman–Crippen MR) is 129 cm³/mol. The zero-order valence-corrected chi connectivity index (χ0v) is 18.9. The maximum absolute atomic E-state index is 13.3. The summed E-state index contributed by atoms with van der Waals surface area (Å²) < 4.78 is 2.80. The third kappa shape index (κ3) is 3.84. The molecule has 1 aliphatic heterocycles. The van der Waals surface area contributed by atoms with Crippen LogP contribution in [0, 0.1) is 13.8 Å². The molecule has 0 bridgehead atoms. The van der Waals surface area contributed by atoms with Gasteiger partial charge in [0, 0.05) is 30.3 Å². The second-order valence-electron chi connectivity index (χ2n) is 8.05. The number of amides is 1. The molecule has 1 N–H and O–H groups in total. The molecule has 164 valence electrons. The smallest absolute Gasteiger partial charge is 0.351 e. The van der Waals surface area contributed by atoms with Crippen LogP contribution in [0.25, 0.3) is 16.7 Å². The van der Waals surface area contributed by atoms with E-state index in [0.717, 1.165) is 41.2 Å². The molecule has 0 atom stereocenters. The van der Waals surface area contributed by atoms with Crippen molar-refractivity contribution in [1.29, 1.82) is 0 Å². The van der Waals surface area contributed by atoms with Crippen LogP contribution in [0.15, 0.2) is 47.3 Å². The van der Waals surface area contributed by atoms with Gasteiger partial charge in [0.05, 0.1) is 11.0 Å². The molecule has 9 heteroatoms. The van der Waals surface area contributed by atoms with Crippen molar-refractivity contribution >= 4 is 45.9 Å². The highest BCUT2D eigenvalue weighted by atomic mass is 32.2. The number of nitrogens with one attached hydrogen (secondary N) is 1. The van der Waals surface area contributed by atoms with E-state index in [2.05, 4.69) is 15.3 Å². The Morgan fingerprint density at radius 3 is 2.56 bits per heavy atom. The number of carbonyl (C=O) groups is 1. The van der Waals surface area contributed by atoms with Gasteiger partial charge in [-0.25, -0.2) is 18.9 Å². The Morgan fingerprint density at radius 1 is 1.09 bits per heavy atom. The number of anilines is 2. The molecule has 4 aromatic rings. The second kappa shape index (κ2) is 8.31. The molecule has 5 rings (SSSR count). The Bertz CT molecular complexity index is 1370. The lowest BCUT2D eigenvalue weighted by atomic mass is 10.1. The van der Waals surface area contributed by atoms with Gasteiger partial charge in [-0.3, -0.25) is 4.79 Å². The molecule has 2 aromatic heterocycles. The lowest BCUT2D eigenvalue weighted by molar-refractivity contribution is -0.117. The number of thioether (sulfide) groups is 1. The fraction of sp³-hybridized carbons (Fsp3) is 0.304. The molecule has 3 heterocycles. The minimum atomic E-state index is -0.346. The van der Waals surface area contributed by atoms with Gasteiger partial charge in [-0.1, -0.05) is 18.2 Å². The largest absolute Gasteiger partial charge is 0.352 e. The molecule has 1 fully saturated rings. The number of rotatable bonds is 4. The number of carbonyl (C=O) groups excluding carboxylic acids is 1. The summed E-state index contributed by atoms with van der Waals surface area (Å²) >= 11 is 1.91. The van der Waals surface area contributed by atoms with Crippen LogP contribution in [0.4, 0.5) is 11.5 Å². The highest BCUT2D eigenvalue weighted by Crippen LogP contribution is 2.24. The van der Waals surface area contributed by atoms with E-state index >= 15 is 0 Å². The first kappa shape index (κ1) is 20.6. The number of para-hydroxylation sites is 2. The second-order valence-corrected chi connectivity index (χ2v) is 9.27. The van der Waals surface area contributed by atoms with Crippen molar-refractivity contribution in [2.45, 2.75) is 20.4 Å². The van der Waals surface area contributed by atoms with Gasteiger partial charge < -0.3 is 10.2 Å². The summed E-state index contributed by atoms with van der Waals surface area (Å²) in [7, 11) is 0. The molecule has 0 aliphatic carbocycles. The molecule has 8 nitrogen and oxygen atoms in total. The number of hydrogen-bond donors (Lipinski definition) is 1. The SMILES string of the molecule is Cc1cc(C)cc(NC(=O)Cn2nc3c(N4CCSCC4)nc4ccccc4n3c2=O)c1. The number of nitrogens with zero attached hydrogens (tertiary/aromatic N) is 5. The van der Waals surface area contributed by atoms with Crippen LogP contribution in [0.3, 0.4) is 0 Å². The summed E-state index contributed by atoms with van der Waals surface area (Å²) in [6.45, 7) is 5.49. The van der Waals surface area contributed by atoms with E-state index in [-0.39, 0.29) is 18.1 Å². The van der Waals surface area contributed by atoms with Crippen LogP contribution >= 0.6 is 11.8 Å². The quantitative estimate of drug-likeness (QED) is 0.517. The Hall–Kier alpha value is -3.33. The molecule has 0 unspecified atom stereocenters. The zero-order valence-electron chi connectivity index (χ0n) is 18.0. The third-order valence-corrected chi connectivity index (χ3v) is 6.44. The highest BCUT2D eigenvalue weighted by Gasteiger charge is 2.22. The minimum absolute atomic E-state index is 0.170. The Labute approximate surface area is 189 Å². The number of benzene rings is 2. The van der Waals surface area contributed by atoms with Crippen LogP contribution in [-0.2, 0) is 11.3 Å². The van der Waals surface area contributed by atoms with Gasteiger partial charge in [-0.05, 0) is 49.2 Å². The lowest BCUT2D eigenvalue weighted by Gasteiger charge is -2.27. The monoisotopic (exact) mass is 448 g/mol. The van der Waals surface area contributed by atoms with Crippen LogP contribution < -0.4 is 15.9 Å². The van der Waals surface area contributed by atoms with Gasteiger partial charge in [0.25, 0.3) is 0 Å². The van der Waals surface area contributed by atoms with Crippen molar-refractivity contribution in [3.8, 4) is 0 Å². The van der Waals surface area contributed by atoms with Crippen molar-refractivity contribution in [3.63, 3.8) is 0 Å². The van der Waals surface area contributed by atoms with E-state index in [1.165, 1.54) is 4.68 Å².